The molecule has 17 heavy (non-hydrogen) atoms. The van der Waals surface area contributed by atoms with Crippen molar-refractivity contribution >= 4 is 11.8 Å². The molecule has 0 aromatic heterocycles. The standard InChI is InChI=1S/C12H18F2O3/c1-3-17-11(16)10(15)8(2)9-4-6-12(13,14)7-5-9/h8-9H,3-7H2,1-2H3. The van der Waals surface area contributed by atoms with Crippen LogP contribution in [-0.2, 0) is 14.3 Å². The van der Waals surface area contributed by atoms with Crippen LogP contribution in [0.4, 0.5) is 8.78 Å². The summed E-state index contributed by atoms with van der Waals surface area (Å²) < 4.78 is 30.5. The molecule has 98 valence electrons. The van der Waals surface area contributed by atoms with E-state index in [9.17, 15) is 18.4 Å². The predicted molar refractivity (Wildman–Crippen MR) is 57.7 cm³/mol. The van der Waals surface area contributed by atoms with Crippen LogP contribution in [0.25, 0.3) is 0 Å². The lowest BCUT2D eigenvalue weighted by atomic mass is 9.78. The summed E-state index contributed by atoms with van der Waals surface area (Å²) in [4.78, 5) is 22.9. The van der Waals surface area contributed by atoms with Gasteiger partial charge in [-0.3, -0.25) is 4.79 Å². The van der Waals surface area contributed by atoms with Gasteiger partial charge in [-0.15, -0.1) is 0 Å². The lowest BCUT2D eigenvalue weighted by Crippen LogP contribution is -2.34. The smallest absolute Gasteiger partial charge is 0.374 e. The molecular formula is C12H18F2O3. The van der Waals surface area contributed by atoms with Crippen molar-refractivity contribution in [3.8, 4) is 0 Å². The van der Waals surface area contributed by atoms with Crippen molar-refractivity contribution in [3.63, 3.8) is 0 Å². The quantitative estimate of drug-likeness (QED) is 0.567. The summed E-state index contributed by atoms with van der Waals surface area (Å²) in [5, 5.41) is 0. The van der Waals surface area contributed by atoms with Crippen molar-refractivity contribution in [2.45, 2.75) is 45.5 Å². The van der Waals surface area contributed by atoms with Gasteiger partial charge >= 0.3 is 5.97 Å². The van der Waals surface area contributed by atoms with Crippen molar-refractivity contribution in [3.05, 3.63) is 0 Å². The number of carbonyl (C=O) groups is 2. The maximum atomic E-state index is 12.9. The molecule has 0 amide bonds. The van der Waals surface area contributed by atoms with Crippen LogP contribution in [0, 0.1) is 11.8 Å². The summed E-state index contributed by atoms with van der Waals surface area (Å²) in [6, 6.07) is 0. The molecule has 1 fully saturated rings. The summed E-state index contributed by atoms with van der Waals surface area (Å²) in [6.07, 6.45) is 0.189. The first kappa shape index (κ1) is 14.1. The summed E-state index contributed by atoms with van der Waals surface area (Å²) in [7, 11) is 0. The normalized spacial score (nSPS) is 21.9. The third-order valence-corrected chi connectivity index (χ3v) is 3.36. The Morgan fingerprint density at radius 2 is 1.88 bits per heavy atom. The molecule has 0 aromatic carbocycles. The first-order chi connectivity index (χ1) is 7.87. The lowest BCUT2D eigenvalue weighted by Gasteiger charge is -2.30. The molecule has 0 spiro atoms. The summed E-state index contributed by atoms with van der Waals surface area (Å²) in [5.41, 5.74) is 0. The van der Waals surface area contributed by atoms with Crippen molar-refractivity contribution < 1.29 is 23.1 Å². The van der Waals surface area contributed by atoms with Crippen LogP contribution in [0.5, 0.6) is 0 Å². The molecule has 1 unspecified atom stereocenters. The Morgan fingerprint density at radius 3 is 2.35 bits per heavy atom. The van der Waals surface area contributed by atoms with Gasteiger partial charge in [-0.25, -0.2) is 13.6 Å². The van der Waals surface area contributed by atoms with Gasteiger partial charge in [0.15, 0.2) is 0 Å². The highest BCUT2D eigenvalue weighted by Gasteiger charge is 2.39. The van der Waals surface area contributed by atoms with Gasteiger partial charge in [0, 0.05) is 18.8 Å². The van der Waals surface area contributed by atoms with Crippen LogP contribution in [0.1, 0.15) is 39.5 Å². The number of rotatable bonds is 4. The molecule has 0 aliphatic heterocycles. The SMILES string of the molecule is CCOC(=O)C(=O)C(C)C1CCC(F)(F)CC1. The molecule has 0 saturated heterocycles. The average molecular weight is 248 g/mol. The van der Waals surface area contributed by atoms with Crippen LogP contribution in [0.3, 0.4) is 0 Å². The highest BCUT2D eigenvalue weighted by Crippen LogP contribution is 2.39. The molecule has 1 atom stereocenters. The molecule has 0 aromatic rings. The fourth-order valence-electron chi connectivity index (χ4n) is 2.16. The van der Waals surface area contributed by atoms with E-state index in [4.69, 9.17) is 0 Å². The molecule has 1 rings (SSSR count). The van der Waals surface area contributed by atoms with Crippen molar-refractivity contribution in [2.75, 3.05) is 6.61 Å². The predicted octanol–water partition coefficient (Wildman–Crippen LogP) is 2.58. The molecule has 0 heterocycles. The van der Waals surface area contributed by atoms with E-state index in [-0.39, 0.29) is 25.4 Å². The highest BCUT2D eigenvalue weighted by molar-refractivity contribution is 6.34. The Morgan fingerprint density at radius 1 is 1.35 bits per heavy atom. The summed E-state index contributed by atoms with van der Waals surface area (Å²) >= 11 is 0. The number of hydrogen-bond donors (Lipinski definition) is 0. The van der Waals surface area contributed by atoms with Crippen LogP contribution in [-0.4, -0.2) is 24.3 Å². The number of hydrogen-bond acceptors (Lipinski definition) is 3. The fraction of sp³-hybridized carbons (Fsp3) is 0.833. The number of carbonyl (C=O) groups excluding carboxylic acids is 2. The number of ketones is 1. The van der Waals surface area contributed by atoms with E-state index < -0.39 is 23.6 Å². The van der Waals surface area contributed by atoms with Gasteiger partial charge in [-0.1, -0.05) is 6.92 Å². The van der Waals surface area contributed by atoms with E-state index >= 15 is 0 Å². The van der Waals surface area contributed by atoms with Gasteiger partial charge in [0.2, 0.25) is 11.7 Å². The second-order valence-corrected chi connectivity index (χ2v) is 4.57. The van der Waals surface area contributed by atoms with E-state index in [0.29, 0.717) is 12.8 Å². The first-order valence-corrected chi connectivity index (χ1v) is 5.96. The Kier molecular flexibility index (Phi) is 4.60. The highest BCUT2D eigenvalue weighted by atomic mass is 19.3. The first-order valence-electron chi connectivity index (χ1n) is 5.96. The van der Waals surface area contributed by atoms with Crippen molar-refractivity contribution in [2.24, 2.45) is 11.8 Å². The molecule has 1 aliphatic rings. The molecule has 5 heteroatoms. The summed E-state index contributed by atoms with van der Waals surface area (Å²) in [6.45, 7) is 3.39. The van der Waals surface area contributed by atoms with Gasteiger partial charge in [0.25, 0.3) is 0 Å². The molecule has 0 N–H and O–H groups in total. The largest absolute Gasteiger partial charge is 0.460 e. The van der Waals surface area contributed by atoms with Gasteiger partial charge in [-0.05, 0) is 25.7 Å². The number of halogens is 2. The van der Waals surface area contributed by atoms with Gasteiger partial charge in [-0.2, -0.15) is 0 Å². The van der Waals surface area contributed by atoms with Crippen molar-refractivity contribution in [1.82, 2.24) is 0 Å². The number of esters is 1. The Balaban J connectivity index is 2.51. The number of alkyl halides is 2. The molecular weight excluding hydrogens is 230 g/mol. The summed E-state index contributed by atoms with van der Waals surface area (Å²) in [5.74, 6) is -4.71. The average Bonchev–Trinajstić information content (AvgIpc) is 2.27. The third-order valence-electron chi connectivity index (χ3n) is 3.36. The topological polar surface area (TPSA) is 43.4 Å². The minimum Gasteiger partial charge on any atom is -0.460 e. The molecule has 0 radical (unpaired) electrons. The number of ether oxygens (including phenoxy) is 1. The van der Waals surface area contributed by atoms with Gasteiger partial charge in [0.05, 0.1) is 6.61 Å². The van der Waals surface area contributed by atoms with Gasteiger partial charge in [0.1, 0.15) is 0 Å². The fourth-order valence-corrected chi connectivity index (χ4v) is 2.16. The van der Waals surface area contributed by atoms with E-state index in [1.807, 2.05) is 0 Å². The lowest BCUT2D eigenvalue weighted by molar-refractivity contribution is -0.156. The van der Waals surface area contributed by atoms with Crippen molar-refractivity contribution in [1.29, 1.82) is 0 Å². The Labute approximate surface area is 99.5 Å². The zero-order valence-electron chi connectivity index (χ0n) is 10.2. The van der Waals surface area contributed by atoms with Crippen LogP contribution < -0.4 is 0 Å². The molecule has 1 aliphatic carbocycles. The minimum atomic E-state index is -2.61. The van der Waals surface area contributed by atoms with E-state index in [1.165, 1.54) is 0 Å². The van der Waals surface area contributed by atoms with Crippen LogP contribution >= 0.6 is 0 Å². The van der Waals surface area contributed by atoms with Crippen LogP contribution in [0.15, 0.2) is 0 Å². The zero-order chi connectivity index (χ0) is 13.1. The zero-order valence-corrected chi connectivity index (χ0v) is 10.2. The maximum absolute atomic E-state index is 12.9. The van der Waals surface area contributed by atoms with Gasteiger partial charge < -0.3 is 4.74 Å². The van der Waals surface area contributed by atoms with E-state index in [1.54, 1.807) is 13.8 Å². The van der Waals surface area contributed by atoms with E-state index in [0.717, 1.165) is 0 Å². The second-order valence-electron chi connectivity index (χ2n) is 4.57. The molecule has 0 bridgehead atoms. The van der Waals surface area contributed by atoms with Crippen LogP contribution in [0.2, 0.25) is 0 Å². The Bertz CT molecular complexity index is 292. The second kappa shape index (κ2) is 5.56. The molecule has 1 saturated carbocycles. The third kappa shape index (κ3) is 3.75. The monoisotopic (exact) mass is 248 g/mol. The number of Topliss-reactive ketones (excluding diaryl/α,β-unsaturated/α-hetero) is 1. The Hall–Kier alpha value is -1.00. The maximum Gasteiger partial charge on any atom is 0.374 e. The minimum absolute atomic E-state index is 0.133. The molecule has 3 nitrogen and oxygen atoms in total. The van der Waals surface area contributed by atoms with E-state index in [2.05, 4.69) is 4.74 Å².